The molecule has 3 N–H and O–H groups in total. The lowest BCUT2D eigenvalue weighted by Gasteiger charge is -2.26. The standard InChI is InChI=1S/C26H30ClN3O3/c27-25-20-15-28-26(32)24(20)19(14-23(25)33-11-5-4-10-31)22-13-18-12-17(6-7-21(18)29-22)16-30-8-2-1-3-9-30/h6-7,12-14,29,31H,1-5,8-11,15-16H2,(H,28,32). The zero-order valence-corrected chi connectivity index (χ0v) is 19.5. The van der Waals surface area contributed by atoms with E-state index in [0.29, 0.717) is 35.9 Å². The highest BCUT2D eigenvalue weighted by Crippen LogP contribution is 2.41. The molecular weight excluding hydrogens is 438 g/mol. The van der Waals surface area contributed by atoms with E-state index in [9.17, 15) is 4.79 Å². The third-order valence-electron chi connectivity index (χ3n) is 6.62. The van der Waals surface area contributed by atoms with E-state index in [-0.39, 0.29) is 12.5 Å². The van der Waals surface area contributed by atoms with Crippen molar-refractivity contribution < 1.29 is 14.6 Å². The number of unbranched alkanes of at least 4 members (excludes halogenated alkanes) is 1. The molecule has 2 aliphatic heterocycles. The molecule has 2 aromatic carbocycles. The Morgan fingerprint density at radius 2 is 1.94 bits per heavy atom. The highest BCUT2D eigenvalue weighted by atomic mass is 35.5. The second kappa shape index (κ2) is 9.75. The van der Waals surface area contributed by atoms with Crippen LogP contribution >= 0.6 is 11.6 Å². The van der Waals surface area contributed by atoms with Gasteiger partial charge in [0.2, 0.25) is 0 Å². The van der Waals surface area contributed by atoms with Gasteiger partial charge in [0.1, 0.15) is 5.75 Å². The molecule has 174 valence electrons. The zero-order valence-electron chi connectivity index (χ0n) is 18.8. The van der Waals surface area contributed by atoms with E-state index in [1.54, 1.807) is 0 Å². The van der Waals surface area contributed by atoms with E-state index in [1.807, 2.05) is 6.07 Å². The number of amides is 1. The molecule has 3 aromatic rings. The quantitative estimate of drug-likeness (QED) is 0.413. The van der Waals surface area contributed by atoms with Crippen molar-refractivity contribution in [2.24, 2.45) is 0 Å². The second-order valence-electron chi connectivity index (χ2n) is 8.99. The third-order valence-corrected chi connectivity index (χ3v) is 7.04. The number of benzene rings is 2. The number of nitrogens with zero attached hydrogens (tertiary/aromatic N) is 1. The molecule has 5 rings (SSSR count). The van der Waals surface area contributed by atoms with Crippen molar-refractivity contribution in [2.75, 3.05) is 26.3 Å². The Kier molecular flexibility index (Phi) is 6.58. The van der Waals surface area contributed by atoms with Gasteiger partial charge in [-0.2, -0.15) is 0 Å². The van der Waals surface area contributed by atoms with Crippen molar-refractivity contribution in [3.8, 4) is 17.0 Å². The number of aromatic amines is 1. The predicted molar refractivity (Wildman–Crippen MR) is 131 cm³/mol. The summed E-state index contributed by atoms with van der Waals surface area (Å²) in [4.78, 5) is 18.7. The Hall–Kier alpha value is -2.54. The first-order chi connectivity index (χ1) is 16.1. The molecule has 33 heavy (non-hydrogen) atoms. The lowest BCUT2D eigenvalue weighted by molar-refractivity contribution is 0.0966. The fraction of sp³-hybridized carbons (Fsp3) is 0.423. The van der Waals surface area contributed by atoms with Gasteiger partial charge in [-0.15, -0.1) is 0 Å². The minimum Gasteiger partial charge on any atom is -0.492 e. The molecular formula is C26H30ClN3O3. The highest BCUT2D eigenvalue weighted by Gasteiger charge is 2.29. The van der Waals surface area contributed by atoms with Crippen LogP contribution in [-0.4, -0.2) is 47.2 Å². The second-order valence-corrected chi connectivity index (χ2v) is 9.37. The highest BCUT2D eigenvalue weighted by molar-refractivity contribution is 6.34. The smallest absolute Gasteiger partial charge is 0.252 e. The van der Waals surface area contributed by atoms with Crippen molar-refractivity contribution in [3.05, 3.63) is 52.0 Å². The van der Waals surface area contributed by atoms with Gasteiger partial charge >= 0.3 is 0 Å². The van der Waals surface area contributed by atoms with Gasteiger partial charge in [0.05, 0.1) is 17.2 Å². The predicted octanol–water partition coefficient (Wildman–Crippen LogP) is 4.87. The van der Waals surface area contributed by atoms with Crippen LogP contribution in [0.3, 0.4) is 0 Å². The van der Waals surface area contributed by atoms with E-state index >= 15 is 0 Å². The van der Waals surface area contributed by atoms with E-state index in [1.165, 1.54) is 37.9 Å². The Balaban J connectivity index is 1.47. The van der Waals surface area contributed by atoms with Crippen LogP contribution in [0.15, 0.2) is 30.3 Å². The number of aliphatic hydroxyl groups is 1. The maximum atomic E-state index is 12.7. The number of carbonyl (C=O) groups is 1. The van der Waals surface area contributed by atoms with Gasteiger partial charge in [0, 0.05) is 47.4 Å². The molecule has 3 heterocycles. The Labute approximate surface area is 198 Å². The fourth-order valence-electron chi connectivity index (χ4n) is 4.88. The summed E-state index contributed by atoms with van der Waals surface area (Å²) in [6.07, 6.45) is 5.32. The van der Waals surface area contributed by atoms with Crippen LogP contribution in [-0.2, 0) is 13.1 Å². The summed E-state index contributed by atoms with van der Waals surface area (Å²) < 4.78 is 5.94. The maximum Gasteiger partial charge on any atom is 0.252 e. The topological polar surface area (TPSA) is 77.6 Å². The fourth-order valence-corrected chi connectivity index (χ4v) is 5.16. The van der Waals surface area contributed by atoms with Crippen molar-refractivity contribution >= 4 is 28.4 Å². The molecule has 7 heteroatoms. The number of aromatic nitrogens is 1. The van der Waals surface area contributed by atoms with Gasteiger partial charge in [-0.1, -0.05) is 24.1 Å². The van der Waals surface area contributed by atoms with Gasteiger partial charge in [0.25, 0.3) is 5.91 Å². The molecule has 1 saturated heterocycles. The summed E-state index contributed by atoms with van der Waals surface area (Å²) in [6.45, 7) is 4.31. The molecule has 0 atom stereocenters. The molecule has 0 unspecified atom stereocenters. The monoisotopic (exact) mass is 467 g/mol. The average Bonchev–Trinajstić information content (AvgIpc) is 3.42. The average molecular weight is 468 g/mol. The Bertz CT molecular complexity index is 1170. The lowest BCUT2D eigenvalue weighted by atomic mass is 9.99. The van der Waals surface area contributed by atoms with Crippen LogP contribution < -0.4 is 10.1 Å². The Morgan fingerprint density at radius 1 is 1.09 bits per heavy atom. The molecule has 0 saturated carbocycles. The number of nitrogens with one attached hydrogen (secondary N) is 2. The van der Waals surface area contributed by atoms with Crippen molar-refractivity contribution in [2.45, 2.75) is 45.2 Å². The molecule has 1 fully saturated rings. The molecule has 1 amide bonds. The molecule has 0 aliphatic carbocycles. The van der Waals surface area contributed by atoms with Gasteiger partial charge in [-0.05, 0) is 68.6 Å². The normalized spacial score (nSPS) is 16.2. The minimum absolute atomic E-state index is 0.113. The maximum absolute atomic E-state index is 12.7. The van der Waals surface area contributed by atoms with Crippen LogP contribution in [0.1, 0.15) is 53.6 Å². The molecule has 0 radical (unpaired) electrons. The number of rotatable bonds is 8. The van der Waals surface area contributed by atoms with Crippen LogP contribution in [0.5, 0.6) is 5.75 Å². The minimum atomic E-state index is -0.113. The number of halogens is 1. The van der Waals surface area contributed by atoms with Gasteiger partial charge in [0.15, 0.2) is 0 Å². The summed E-state index contributed by atoms with van der Waals surface area (Å²) >= 11 is 6.60. The Morgan fingerprint density at radius 3 is 2.76 bits per heavy atom. The van der Waals surface area contributed by atoms with E-state index in [0.717, 1.165) is 40.7 Å². The number of hydrogen-bond acceptors (Lipinski definition) is 4. The van der Waals surface area contributed by atoms with Crippen LogP contribution in [0.4, 0.5) is 0 Å². The molecule has 1 aromatic heterocycles. The number of hydrogen-bond donors (Lipinski definition) is 3. The summed E-state index contributed by atoms with van der Waals surface area (Å²) in [5, 5.41) is 13.5. The third kappa shape index (κ3) is 4.60. The summed E-state index contributed by atoms with van der Waals surface area (Å²) in [7, 11) is 0. The van der Waals surface area contributed by atoms with Crippen molar-refractivity contribution in [3.63, 3.8) is 0 Å². The summed E-state index contributed by atoms with van der Waals surface area (Å²) in [6, 6.07) is 10.5. The number of aliphatic hydroxyl groups excluding tert-OH is 1. The van der Waals surface area contributed by atoms with Gasteiger partial charge < -0.3 is 20.1 Å². The zero-order chi connectivity index (χ0) is 22.8. The first kappa shape index (κ1) is 22.3. The number of piperidine rings is 1. The molecule has 2 aliphatic rings. The van der Waals surface area contributed by atoms with E-state index in [2.05, 4.69) is 39.5 Å². The number of fused-ring (bicyclic) bond motifs is 2. The van der Waals surface area contributed by atoms with Crippen molar-refractivity contribution in [1.82, 2.24) is 15.2 Å². The van der Waals surface area contributed by atoms with Crippen molar-refractivity contribution in [1.29, 1.82) is 0 Å². The van der Waals surface area contributed by atoms with Crippen LogP contribution in [0, 0.1) is 0 Å². The summed E-state index contributed by atoms with van der Waals surface area (Å²) in [5.41, 5.74) is 5.42. The molecule has 0 spiro atoms. The van der Waals surface area contributed by atoms with Gasteiger partial charge in [-0.25, -0.2) is 0 Å². The van der Waals surface area contributed by atoms with Gasteiger partial charge in [-0.3, -0.25) is 9.69 Å². The SMILES string of the molecule is O=C1NCc2c(Cl)c(OCCCCO)cc(-c3cc4cc(CN5CCCCC5)ccc4[nH]3)c21. The van der Waals surface area contributed by atoms with E-state index in [4.69, 9.17) is 21.4 Å². The van der Waals surface area contributed by atoms with Crippen LogP contribution in [0.25, 0.3) is 22.2 Å². The lowest BCUT2D eigenvalue weighted by Crippen LogP contribution is -2.28. The largest absolute Gasteiger partial charge is 0.492 e. The number of likely N-dealkylation sites (tertiary alicyclic amines) is 1. The summed E-state index contributed by atoms with van der Waals surface area (Å²) in [5.74, 6) is 0.461. The van der Waals surface area contributed by atoms with Crippen LogP contribution in [0.2, 0.25) is 5.02 Å². The molecule has 0 bridgehead atoms. The number of H-pyrrole nitrogens is 1. The number of carbonyl (C=O) groups excluding carboxylic acids is 1. The first-order valence-corrected chi connectivity index (χ1v) is 12.2. The first-order valence-electron chi connectivity index (χ1n) is 11.9. The molecule has 6 nitrogen and oxygen atoms in total. The van der Waals surface area contributed by atoms with E-state index < -0.39 is 0 Å². The number of ether oxygens (including phenoxy) is 1.